The highest BCUT2D eigenvalue weighted by Crippen LogP contribution is 2.36. The fraction of sp³-hybridized carbons (Fsp3) is 0.438. The Morgan fingerprint density at radius 3 is 2.90 bits per heavy atom. The van der Waals surface area contributed by atoms with Crippen LogP contribution in [0.4, 0.5) is 5.69 Å². The van der Waals surface area contributed by atoms with E-state index in [4.69, 9.17) is 0 Å². The van der Waals surface area contributed by atoms with E-state index in [-0.39, 0.29) is 12.5 Å². The lowest BCUT2D eigenvalue weighted by molar-refractivity contribution is 0.0547. The summed E-state index contributed by atoms with van der Waals surface area (Å²) in [4.78, 5) is 7.86. The molecular weight excluding hydrogens is 284 g/mol. The summed E-state index contributed by atoms with van der Waals surface area (Å²) in [6.45, 7) is 1.47. The number of hydrogen-bond acceptors (Lipinski definition) is 5. The molecule has 2 aromatic rings. The van der Waals surface area contributed by atoms with Crippen LogP contribution >= 0.6 is 11.8 Å². The third kappa shape index (κ3) is 2.73. The lowest BCUT2D eigenvalue weighted by Crippen LogP contribution is -2.45. The van der Waals surface area contributed by atoms with Crippen LogP contribution in [0.1, 0.15) is 6.42 Å². The van der Waals surface area contributed by atoms with Crippen LogP contribution in [0.2, 0.25) is 0 Å². The maximum absolute atomic E-state index is 10.2. The third-order valence-electron chi connectivity index (χ3n) is 4.21. The Hall–Kier alpha value is -1.30. The van der Waals surface area contributed by atoms with Crippen molar-refractivity contribution in [1.82, 2.24) is 4.98 Å². The number of piperidine rings is 1. The largest absolute Gasteiger partial charge is 0.396 e. The Balaban J connectivity index is 2.03. The normalized spacial score (nSPS) is 22.7. The van der Waals surface area contributed by atoms with Gasteiger partial charge in [-0.3, -0.25) is 4.98 Å². The minimum Gasteiger partial charge on any atom is -0.396 e. The van der Waals surface area contributed by atoms with Crippen molar-refractivity contribution in [3.63, 3.8) is 0 Å². The molecule has 1 saturated heterocycles. The quantitative estimate of drug-likeness (QED) is 0.851. The highest BCUT2D eigenvalue weighted by Gasteiger charge is 2.29. The molecular formula is C16H20N2O2S. The van der Waals surface area contributed by atoms with E-state index in [0.29, 0.717) is 6.54 Å². The molecule has 0 aliphatic carbocycles. The molecule has 112 valence electrons. The molecule has 2 N–H and O–H groups in total. The van der Waals surface area contributed by atoms with Crippen LogP contribution in [0.5, 0.6) is 0 Å². The van der Waals surface area contributed by atoms with Gasteiger partial charge in [0.2, 0.25) is 0 Å². The van der Waals surface area contributed by atoms with Crippen LogP contribution in [0, 0.1) is 5.92 Å². The SMILES string of the molecule is CSc1cnc2ccccc2c1N1CCC(CO)C(O)C1. The number of fused-ring (bicyclic) bond motifs is 1. The van der Waals surface area contributed by atoms with E-state index in [1.165, 1.54) is 0 Å². The lowest BCUT2D eigenvalue weighted by Gasteiger charge is -2.37. The molecule has 1 aliphatic heterocycles. The second-order valence-electron chi connectivity index (χ2n) is 5.44. The summed E-state index contributed by atoms with van der Waals surface area (Å²) in [5.41, 5.74) is 2.13. The Labute approximate surface area is 128 Å². The average Bonchev–Trinajstić information content (AvgIpc) is 2.53. The smallest absolute Gasteiger partial charge is 0.0765 e. The first-order valence-electron chi connectivity index (χ1n) is 7.20. The molecule has 0 amide bonds. The Morgan fingerprint density at radius 2 is 2.19 bits per heavy atom. The van der Waals surface area contributed by atoms with Gasteiger partial charge in [0, 0.05) is 42.1 Å². The molecule has 21 heavy (non-hydrogen) atoms. The van der Waals surface area contributed by atoms with E-state index >= 15 is 0 Å². The van der Waals surface area contributed by atoms with E-state index in [2.05, 4.69) is 16.0 Å². The number of β-amino-alcohol motifs (C(OH)–C–C–N with tert-alkyl or cyclic N) is 1. The van der Waals surface area contributed by atoms with Gasteiger partial charge in [-0.2, -0.15) is 0 Å². The minimum atomic E-state index is -0.481. The van der Waals surface area contributed by atoms with Crippen molar-refractivity contribution in [2.45, 2.75) is 17.4 Å². The number of aromatic nitrogens is 1. The first-order valence-corrected chi connectivity index (χ1v) is 8.42. The number of aliphatic hydroxyl groups excluding tert-OH is 2. The Bertz CT molecular complexity index is 635. The van der Waals surface area contributed by atoms with Gasteiger partial charge in [0.05, 0.1) is 17.3 Å². The van der Waals surface area contributed by atoms with E-state index < -0.39 is 6.10 Å². The van der Waals surface area contributed by atoms with Crippen LogP contribution < -0.4 is 4.90 Å². The second kappa shape index (κ2) is 6.22. The minimum absolute atomic E-state index is 0.00733. The Morgan fingerprint density at radius 1 is 1.38 bits per heavy atom. The van der Waals surface area contributed by atoms with Crippen molar-refractivity contribution in [2.75, 3.05) is 30.9 Å². The van der Waals surface area contributed by atoms with Crippen molar-refractivity contribution < 1.29 is 10.2 Å². The van der Waals surface area contributed by atoms with Crippen molar-refractivity contribution in [2.24, 2.45) is 5.92 Å². The zero-order valence-electron chi connectivity index (χ0n) is 12.1. The summed E-state index contributed by atoms with van der Waals surface area (Å²) in [6.07, 6.45) is 4.28. The Kier molecular flexibility index (Phi) is 4.33. The number of hydrogen-bond donors (Lipinski definition) is 2. The summed E-state index contributed by atoms with van der Waals surface area (Å²) in [5.74, 6) is -0.00733. The van der Waals surface area contributed by atoms with Crippen LogP contribution in [0.15, 0.2) is 35.4 Å². The number of rotatable bonds is 3. The third-order valence-corrected chi connectivity index (χ3v) is 4.94. The average molecular weight is 304 g/mol. The summed E-state index contributed by atoms with van der Waals surface area (Å²) in [6, 6.07) is 8.11. The van der Waals surface area contributed by atoms with Crippen LogP contribution in [0.3, 0.4) is 0 Å². The molecule has 2 atom stereocenters. The van der Waals surface area contributed by atoms with Crippen LogP contribution in [-0.2, 0) is 0 Å². The number of nitrogens with zero attached hydrogens (tertiary/aromatic N) is 2. The topological polar surface area (TPSA) is 56.6 Å². The maximum atomic E-state index is 10.2. The fourth-order valence-corrected chi connectivity index (χ4v) is 3.57. The number of anilines is 1. The van der Waals surface area contributed by atoms with Gasteiger partial charge in [0.1, 0.15) is 0 Å². The standard InChI is InChI=1S/C16H20N2O2S/c1-21-15-8-17-13-5-3-2-4-12(13)16(15)18-7-6-11(10-19)14(20)9-18/h2-5,8,11,14,19-20H,6-7,9-10H2,1H3. The van der Waals surface area contributed by atoms with Crippen molar-refractivity contribution >= 4 is 28.4 Å². The van der Waals surface area contributed by atoms with Gasteiger partial charge >= 0.3 is 0 Å². The van der Waals surface area contributed by atoms with Gasteiger partial charge in [-0.25, -0.2) is 0 Å². The summed E-state index contributed by atoms with van der Waals surface area (Å²) in [5, 5.41) is 20.6. The molecule has 2 unspecified atom stereocenters. The summed E-state index contributed by atoms with van der Waals surface area (Å²) >= 11 is 1.68. The lowest BCUT2D eigenvalue weighted by atomic mass is 9.94. The highest BCUT2D eigenvalue weighted by atomic mass is 32.2. The first-order chi connectivity index (χ1) is 10.2. The van der Waals surface area contributed by atoms with Gasteiger partial charge in [-0.1, -0.05) is 18.2 Å². The van der Waals surface area contributed by atoms with Crippen molar-refractivity contribution in [1.29, 1.82) is 0 Å². The maximum Gasteiger partial charge on any atom is 0.0765 e. The number of aliphatic hydroxyl groups is 2. The van der Waals surface area contributed by atoms with Crippen LogP contribution in [-0.4, -0.2) is 47.3 Å². The van der Waals surface area contributed by atoms with Crippen molar-refractivity contribution in [3.8, 4) is 0 Å². The first kappa shape index (κ1) is 14.6. The van der Waals surface area contributed by atoms with E-state index in [1.807, 2.05) is 30.7 Å². The highest BCUT2D eigenvalue weighted by molar-refractivity contribution is 7.98. The number of para-hydroxylation sites is 1. The number of benzene rings is 1. The van der Waals surface area contributed by atoms with Crippen molar-refractivity contribution in [3.05, 3.63) is 30.5 Å². The molecule has 0 saturated carbocycles. The zero-order chi connectivity index (χ0) is 14.8. The van der Waals surface area contributed by atoms with Gasteiger partial charge in [0.25, 0.3) is 0 Å². The summed E-state index contributed by atoms with van der Waals surface area (Å²) in [7, 11) is 0. The number of thioether (sulfide) groups is 1. The molecule has 0 spiro atoms. The monoisotopic (exact) mass is 304 g/mol. The number of pyridine rings is 1. The second-order valence-corrected chi connectivity index (χ2v) is 6.29. The fourth-order valence-electron chi connectivity index (χ4n) is 2.98. The molecule has 1 aromatic heterocycles. The summed E-state index contributed by atoms with van der Waals surface area (Å²) < 4.78 is 0. The van der Waals surface area contributed by atoms with E-state index in [0.717, 1.165) is 34.5 Å². The van der Waals surface area contributed by atoms with Gasteiger partial charge in [0.15, 0.2) is 0 Å². The molecule has 5 heteroatoms. The molecule has 3 rings (SSSR count). The predicted molar refractivity (Wildman–Crippen MR) is 86.9 cm³/mol. The van der Waals surface area contributed by atoms with Gasteiger partial charge < -0.3 is 15.1 Å². The molecule has 0 radical (unpaired) electrons. The molecule has 1 aromatic carbocycles. The zero-order valence-corrected chi connectivity index (χ0v) is 12.9. The van der Waals surface area contributed by atoms with Gasteiger partial charge in [-0.05, 0) is 18.7 Å². The van der Waals surface area contributed by atoms with Crippen LogP contribution in [0.25, 0.3) is 10.9 Å². The predicted octanol–water partition coefficient (Wildman–Crippen LogP) is 2.14. The molecule has 4 nitrogen and oxygen atoms in total. The molecule has 2 heterocycles. The van der Waals surface area contributed by atoms with E-state index in [1.54, 1.807) is 11.8 Å². The van der Waals surface area contributed by atoms with Gasteiger partial charge in [-0.15, -0.1) is 11.8 Å². The molecule has 1 aliphatic rings. The molecule has 0 bridgehead atoms. The van der Waals surface area contributed by atoms with E-state index in [9.17, 15) is 10.2 Å². The molecule has 1 fully saturated rings.